The van der Waals surface area contributed by atoms with Crippen molar-refractivity contribution in [3.05, 3.63) is 28.5 Å². The average Bonchev–Trinajstić information content (AvgIpc) is 2.47. The average molecular weight is 355 g/mol. The Balaban J connectivity index is 1.90. The lowest BCUT2D eigenvalue weighted by Gasteiger charge is -2.35. The van der Waals surface area contributed by atoms with Gasteiger partial charge in [-0.15, -0.1) is 0 Å². The van der Waals surface area contributed by atoms with E-state index in [1.165, 1.54) is 0 Å². The van der Waals surface area contributed by atoms with Gasteiger partial charge in [-0.25, -0.2) is 4.98 Å². The minimum Gasteiger partial charge on any atom is -0.338 e. The summed E-state index contributed by atoms with van der Waals surface area (Å²) in [5.74, 6) is 0.0241. The fourth-order valence-corrected chi connectivity index (χ4v) is 2.43. The highest BCUT2D eigenvalue weighted by Crippen LogP contribution is 2.11. The van der Waals surface area contributed by atoms with Crippen LogP contribution in [-0.4, -0.2) is 78.3 Å². The number of hydrogen-bond acceptors (Lipinski definition) is 4. The van der Waals surface area contributed by atoms with E-state index >= 15 is 0 Å². The number of carbonyl (C=O) groups excluding carboxylic acids is 2. The Morgan fingerprint density at radius 3 is 2.33 bits per heavy atom. The molecule has 0 atom stereocenters. The normalized spacial score (nSPS) is 15.4. The second-order valence-corrected chi connectivity index (χ2v) is 6.19. The minimum atomic E-state index is -0.0813. The summed E-state index contributed by atoms with van der Waals surface area (Å²) in [6.07, 6.45) is 1.62. The summed E-state index contributed by atoms with van der Waals surface area (Å²) in [5, 5.41) is 0. The fourth-order valence-electron chi connectivity index (χ4n) is 2.19. The van der Waals surface area contributed by atoms with Crippen LogP contribution >= 0.6 is 15.9 Å². The summed E-state index contributed by atoms with van der Waals surface area (Å²) in [4.78, 5) is 33.8. The topological polar surface area (TPSA) is 56.8 Å². The van der Waals surface area contributed by atoms with Crippen molar-refractivity contribution >= 4 is 27.7 Å². The van der Waals surface area contributed by atoms with Gasteiger partial charge >= 0.3 is 0 Å². The van der Waals surface area contributed by atoms with Gasteiger partial charge in [0.1, 0.15) is 5.69 Å². The van der Waals surface area contributed by atoms with Gasteiger partial charge in [-0.3, -0.25) is 9.59 Å². The number of carbonyl (C=O) groups is 2. The third kappa shape index (κ3) is 4.25. The van der Waals surface area contributed by atoms with E-state index < -0.39 is 0 Å². The van der Waals surface area contributed by atoms with Crippen LogP contribution < -0.4 is 0 Å². The van der Waals surface area contributed by atoms with Crippen molar-refractivity contribution < 1.29 is 9.59 Å². The predicted molar refractivity (Wildman–Crippen MR) is 83.0 cm³/mol. The molecule has 7 heteroatoms. The van der Waals surface area contributed by atoms with E-state index in [0.29, 0.717) is 38.4 Å². The summed E-state index contributed by atoms with van der Waals surface area (Å²) in [6.45, 7) is 2.66. The maximum absolute atomic E-state index is 12.3. The first-order chi connectivity index (χ1) is 9.97. The highest BCUT2D eigenvalue weighted by Gasteiger charge is 2.25. The number of amides is 2. The van der Waals surface area contributed by atoms with Crippen molar-refractivity contribution in [2.75, 3.05) is 46.8 Å². The minimum absolute atomic E-state index is 0.0813. The van der Waals surface area contributed by atoms with Gasteiger partial charge in [-0.1, -0.05) is 0 Å². The van der Waals surface area contributed by atoms with Gasteiger partial charge in [-0.2, -0.15) is 0 Å². The van der Waals surface area contributed by atoms with E-state index in [1.807, 2.05) is 19.0 Å². The molecule has 0 radical (unpaired) electrons. The van der Waals surface area contributed by atoms with Gasteiger partial charge in [0.05, 0.1) is 6.54 Å². The Morgan fingerprint density at radius 1 is 1.19 bits per heavy atom. The first kappa shape index (κ1) is 15.9. The molecule has 6 nitrogen and oxygen atoms in total. The highest BCUT2D eigenvalue weighted by atomic mass is 79.9. The van der Waals surface area contributed by atoms with Crippen LogP contribution in [0.25, 0.3) is 0 Å². The molecular weight excluding hydrogens is 336 g/mol. The molecule has 0 unspecified atom stereocenters. The molecular formula is C14H19BrN4O2. The predicted octanol–water partition coefficient (Wildman–Crippen LogP) is 0.690. The van der Waals surface area contributed by atoms with Gasteiger partial charge in [0.2, 0.25) is 5.91 Å². The van der Waals surface area contributed by atoms with Crippen LogP contribution in [0, 0.1) is 0 Å². The second-order valence-electron chi connectivity index (χ2n) is 5.27. The molecule has 2 heterocycles. The van der Waals surface area contributed by atoms with E-state index in [9.17, 15) is 9.59 Å². The summed E-state index contributed by atoms with van der Waals surface area (Å²) in [5.41, 5.74) is 0.436. The zero-order valence-corrected chi connectivity index (χ0v) is 13.8. The van der Waals surface area contributed by atoms with Crippen molar-refractivity contribution in [2.45, 2.75) is 0 Å². The standard InChI is InChI=1S/C14H19BrN4O2/c1-17(2)10-13(20)18-5-7-19(8-6-18)14(21)12-4-3-11(15)9-16-12/h3-4,9H,5-8,10H2,1-2H3. The number of nitrogens with zero attached hydrogens (tertiary/aromatic N) is 4. The zero-order valence-electron chi connectivity index (χ0n) is 12.3. The SMILES string of the molecule is CN(C)CC(=O)N1CCN(C(=O)c2ccc(Br)cn2)CC1. The Morgan fingerprint density at radius 2 is 1.81 bits per heavy atom. The lowest BCUT2D eigenvalue weighted by Crippen LogP contribution is -2.52. The first-order valence-corrected chi connectivity index (χ1v) is 7.60. The quantitative estimate of drug-likeness (QED) is 0.801. The maximum Gasteiger partial charge on any atom is 0.272 e. The summed E-state index contributed by atoms with van der Waals surface area (Å²) in [7, 11) is 3.74. The van der Waals surface area contributed by atoms with E-state index in [4.69, 9.17) is 0 Å². The summed E-state index contributed by atoms with van der Waals surface area (Å²) < 4.78 is 0.846. The molecule has 114 valence electrons. The molecule has 1 aliphatic rings. The van der Waals surface area contributed by atoms with Crippen LogP contribution in [0.15, 0.2) is 22.8 Å². The third-order valence-electron chi connectivity index (χ3n) is 3.32. The monoisotopic (exact) mass is 354 g/mol. The van der Waals surface area contributed by atoms with Gasteiger partial charge in [-0.05, 0) is 42.2 Å². The Hall–Kier alpha value is -1.47. The molecule has 2 rings (SSSR count). The number of aromatic nitrogens is 1. The van der Waals surface area contributed by atoms with Crippen LogP contribution in [0.1, 0.15) is 10.5 Å². The zero-order chi connectivity index (χ0) is 15.4. The molecule has 0 N–H and O–H groups in total. The second kappa shape index (κ2) is 7.00. The molecule has 0 saturated carbocycles. The lowest BCUT2D eigenvalue weighted by atomic mass is 10.2. The first-order valence-electron chi connectivity index (χ1n) is 6.80. The largest absolute Gasteiger partial charge is 0.338 e. The molecule has 1 saturated heterocycles. The van der Waals surface area contributed by atoms with Crippen molar-refractivity contribution in [3.8, 4) is 0 Å². The van der Waals surface area contributed by atoms with Crippen LogP contribution in [0.3, 0.4) is 0 Å². The van der Waals surface area contributed by atoms with Crippen LogP contribution in [0.5, 0.6) is 0 Å². The molecule has 0 aliphatic carbocycles. The smallest absolute Gasteiger partial charge is 0.272 e. The van der Waals surface area contributed by atoms with Crippen molar-refractivity contribution in [1.29, 1.82) is 0 Å². The number of piperazine rings is 1. The molecule has 0 spiro atoms. The summed E-state index contributed by atoms with van der Waals surface area (Å²) in [6, 6.07) is 3.51. The van der Waals surface area contributed by atoms with Gasteiger partial charge in [0, 0.05) is 36.8 Å². The molecule has 1 fully saturated rings. The van der Waals surface area contributed by atoms with Crippen LogP contribution in [0.2, 0.25) is 0 Å². The van der Waals surface area contributed by atoms with Crippen LogP contribution in [0.4, 0.5) is 0 Å². The Labute approximate surface area is 132 Å². The van der Waals surface area contributed by atoms with Crippen LogP contribution in [-0.2, 0) is 4.79 Å². The fraction of sp³-hybridized carbons (Fsp3) is 0.500. The highest BCUT2D eigenvalue weighted by molar-refractivity contribution is 9.10. The number of pyridine rings is 1. The van der Waals surface area contributed by atoms with Gasteiger partial charge in [0.25, 0.3) is 5.91 Å². The Kier molecular flexibility index (Phi) is 5.30. The molecule has 1 aromatic heterocycles. The van der Waals surface area contributed by atoms with Gasteiger partial charge in [0.15, 0.2) is 0 Å². The van der Waals surface area contributed by atoms with E-state index in [-0.39, 0.29) is 11.8 Å². The molecule has 0 bridgehead atoms. The van der Waals surface area contributed by atoms with Crippen molar-refractivity contribution in [1.82, 2.24) is 19.7 Å². The lowest BCUT2D eigenvalue weighted by molar-refractivity contribution is -0.133. The molecule has 21 heavy (non-hydrogen) atoms. The maximum atomic E-state index is 12.3. The van der Waals surface area contributed by atoms with E-state index in [1.54, 1.807) is 28.1 Å². The third-order valence-corrected chi connectivity index (χ3v) is 3.79. The number of halogens is 1. The molecule has 0 aromatic carbocycles. The van der Waals surface area contributed by atoms with Crippen molar-refractivity contribution in [2.24, 2.45) is 0 Å². The molecule has 1 aliphatic heterocycles. The molecule has 2 amide bonds. The number of likely N-dealkylation sites (N-methyl/N-ethyl adjacent to an activating group) is 1. The van der Waals surface area contributed by atoms with Crippen molar-refractivity contribution in [3.63, 3.8) is 0 Å². The number of rotatable bonds is 3. The van der Waals surface area contributed by atoms with E-state index in [2.05, 4.69) is 20.9 Å². The van der Waals surface area contributed by atoms with E-state index in [0.717, 1.165) is 4.47 Å². The Bertz CT molecular complexity index is 510. The van der Waals surface area contributed by atoms with Gasteiger partial charge < -0.3 is 14.7 Å². The number of hydrogen-bond donors (Lipinski definition) is 0. The molecule has 1 aromatic rings. The summed E-state index contributed by atoms with van der Waals surface area (Å²) >= 11 is 3.30.